The Balaban J connectivity index is 1.79. The molecule has 0 bridgehead atoms. The van der Waals surface area contributed by atoms with E-state index in [1.54, 1.807) is 30.3 Å². The minimum Gasteiger partial charge on any atom is -0.805 e. The van der Waals surface area contributed by atoms with Gasteiger partial charge in [0.25, 0.3) is 0 Å². The van der Waals surface area contributed by atoms with Crippen molar-refractivity contribution in [2.75, 3.05) is 0 Å². The van der Waals surface area contributed by atoms with Crippen LogP contribution in [0.5, 0.6) is 0 Å². The maximum atomic E-state index is 15.3. The van der Waals surface area contributed by atoms with E-state index in [0.29, 0.717) is 16.4 Å². The Bertz CT molecular complexity index is 2080. The Hall–Kier alpha value is -5.25. The van der Waals surface area contributed by atoms with E-state index < -0.39 is 7.26 Å². The van der Waals surface area contributed by atoms with Gasteiger partial charge in [-0.1, -0.05) is 84.9 Å². The Morgan fingerprint density at radius 3 is 1.70 bits per heavy atom. The van der Waals surface area contributed by atoms with Crippen molar-refractivity contribution < 1.29 is 4.73 Å². The molecule has 1 heterocycles. The molecule has 0 saturated carbocycles. The van der Waals surface area contributed by atoms with Crippen molar-refractivity contribution in [2.24, 2.45) is 0 Å². The number of hydrogen-bond donors (Lipinski definition) is 0. The monoisotopic (exact) mass is 592 g/mol. The van der Waals surface area contributed by atoms with Gasteiger partial charge in [-0.05, 0) is 73.0 Å². The highest BCUT2D eigenvalue weighted by atomic mass is 31.2. The van der Waals surface area contributed by atoms with Crippen molar-refractivity contribution in [2.45, 2.75) is 13.8 Å². The van der Waals surface area contributed by atoms with Crippen molar-refractivity contribution in [1.29, 1.82) is 0 Å². The molecule has 1 aliphatic heterocycles. The first kappa shape index (κ1) is 27.6. The van der Waals surface area contributed by atoms with E-state index in [-0.39, 0.29) is 27.9 Å². The summed E-state index contributed by atoms with van der Waals surface area (Å²) in [4.78, 5) is 15.3. The van der Waals surface area contributed by atoms with Crippen LogP contribution in [0.25, 0.3) is 33.5 Å². The third-order valence-corrected chi connectivity index (χ3v) is 12.8. The molecule has 214 valence electrons. The Labute approximate surface area is 256 Å². The molecule has 0 unspecified atom stereocenters. The van der Waals surface area contributed by atoms with E-state index in [4.69, 9.17) is 0 Å². The summed E-state index contributed by atoms with van der Waals surface area (Å²) in [6.45, 7) is 4.03. The summed E-state index contributed by atoms with van der Waals surface area (Å²) in [6.07, 6.45) is 0. The van der Waals surface area contributed by atoms with Crippen molar-refractivity contribution in [1.82, 2.24) is 4.73 Å². The molecule has 1 aliphatic carbocycles. The van der Waals surface area contributed by atoms with Crippen molar-refractivity contribution in [3.63, 3.8) is 0 Å². The summed E-state index contributed by atoms with van der Waals surface area (Å²) in [7, 11) is -3.07. The lowest BCUT2D eigenvalue weighted by molar-refractivity contribution is -0.565. The first-order valence-corrected chi connectivity index (χ1v) is 16.3. The largest absolute Gasteiger partial charge is 0.805 e. The fraction of sp³-hybridized carbons (Fsp3) is 0.0526. The smallest absolute Gasteiger partial charge is 0.245 e. The van der Waals surface area contributed by atoms with Crippen LogP contribution in [0.1, 0.15) is 11.1 Å². The van der Waals surface area contributed by atoms with Crippen molar-refractivity contribution in [3.05, 3.63) is 171 Å². The molecular weight excluding hydrogens is 563 g/mol. The van der Waals surface area contributed by atoms with Crippen LogP contribution < -0.4 is 31.4 Å². The van der Waals surface area contributed by atoms with Gasteiger partial charge in [-0.3, -0.25) is 4.79 Å². The van der Waals surface area contributed by atoms with Gasteiger partial charge in [0, 0.05) is 17.7 Å². The molecule has 0 radical (unpaired) electrons. The van der Waals surface area contributed by atoms with Gasteiger partial charge in [0.15, 0.2) is 18.3 Å². The fourth-order valence-corrected chi connectivity index (χ4v) is 10.7. The van der Waals surface area contributed by atoms with Crippen molar-refractivity contribution >= 4 is 39.5 Å². The maximum Gasteiger partial charge on any atom is 0.245 e. The van der Waals surface area contributed by atoms with E-state index in [1.807, 2.05) is 123 Å². The molecule has 6 heteroatoms. The summed E-state index contributed by atoms with van der Waals surface area (Å²) in [5, 5.41) is 31.9. The van der Waals surface area contributed by atoms with Gasteiger partial charge in [-0.25, -0.2) is 0 Å². The second-order valence-corrected chi connectivity index (χ2v) is 14.4. The molecule has 5 aromatic carbocycles. The Morgan fingerprint density at radius 1 is 0.636 bits per heavy atom. The summed E-state index contributed by atoms with van der Waals surface area (Å²) >= 11 is 0. The second kappa shape index (κ2) is 10.8. The first-order chi connectivity index (χ1) is 21.4. The topological polar surface area (TPSA) is 72.0 Å². The predicted octanol–water partition coefficient (Wildman–Crippen LogP) is 5.99. The van der Waals surface area contributed by atoms with Gasteiger partial charge >= 0.3 is 0 Å². The molecule has 2 aliphatic rings. The molecule has 0 N–H and O–H groups in total. The zero-order valence-electron chi connectivity index (χ0n) is 24.3. The van der Waals surface area contributed by atoms with Crippen LogP contribution in [0.15, 0.2) is 144 Å². The Morgan fingerprint density at radius 2 is 1.16 bits per heavy atom. The number of nitrogens with zero attached hydrogens (tertiary/aromatic N) is 2. The zero-order valence-corrected chi connectivity index (χ0v) is 25.2. The van der Waals surface area contributed by atoms with Gasteiger partial charge in [0.05, 0.1) is 0 Å². The molecule has 0 amide bonds. The molecule has 0 aromatic heterocycles. The molecule has 7 rings (SSSR count). The van der Waals surface area contributed by atoms with Crippen LogP contribution in [-0.4, -0.2) is 4.73 Å². The quantitative estimate of drug-likeness (QED) is 0.107. The molecule has 0 spiro atoms. The van der Waals surface area contributed by atoms with E-state index in [1.165, 1.54) is 0 Å². The third kappa shape index (κ3) is 4.12. The normalized spacial score (nSPS) is 11.7. The van der Waals surface area contributed by atoms with Crippen LogP contribution in [0, 0.1) is 24.3 Å². The van der Waals surface area contributed by atoms with Crippen molar-refractivity contribution in [3.8, 4) is 22.5 Å². The van der Waals surface area contributed by atoms with Gasteiger partial charge < -0.3 is 15.1 Å². The molecule has 5 nitrogen and oxygen atoms in total. The second-order valence-electron chi connectivity index (χ2n) is 11.0. The zero-order chi connectivity index (χ0) is 30.4. The number of fused-ring (bicyclic) bond motifs is 2. The van der Waals surface area contributed by atoms with E-state index >= 15 is 4.79 Å². The summed E-state index contributed by atoms with van der Waals surface area (Å²) in [5.74, 6) is 0. The SMILES string of the molecule is Cc1ccc(-c2cc3[n+]([O-])c4ccccc4n([O-])c-3c([P+](c3ccccc3)(c3ccccc3)c3ccccc3)c2=O)cc1C. The van der Waals surface area contributed by atoms with E-state index in [9.17, 15) is 10.4 Å². The lowest BCUT2D eigenvalue weighted by atomic mass is 9.98. The number of para-hydroxylation sites is 2. The minimum absolute atomic E-state index is 0.0983. The van der Waals surface area contributed by atoms with Crippen LogP contribution in [0.3, 0.4) is 0 Å². The minimum atomic E-state index is -3.07. The maximum absolute atomic E-state index is 15.3. The summed E-state index contributed by atoms with van der Waals surface area (Å²) in [6, 6.07) is 44.1. The van der Waals surface area contributed by atoms with Gasteiger partial charge in [-0.2, -0.15) is 4.73 Å². The number of benzene rings is 6. The highest BCUT2D eigenvalue weighted by molar-refractivity contribution is 8.01. The first-order valence-electron chi connectivity index (χ1n) is 14.5. The molecule has 0 saturated heterocycles. The Kier molecular flexibility index (Phi) is 6.76. The van der Waals surface area contributed by atoms with Crippen LogP contribution in [0.4, 0.5) is 0 Å². The van der Waals surface area contributed by atoms with Gasteiger partial charge in [0.1, 0.15) is 21.4 Å². The average Bonchev–Trinajstić information content (AvgIpc) is 3.07. The number of aromatic nitrogens is 2. The summed E-state index contributed by atoms with van der Waals surface area (Å²) in [5.41, 5.74) is 3.69. The predicted molar refractivity (Wildman–Crippen MR) is 182 cm³/mol. The van der Waals surface area contributed by atoms with Crippen LogP contribution >= 0.6 is 7.26 Å². The molecule has 5 aromatic rings. The summed E-state index contributed by atoms with van der Waals surface area (Å²) < 4.78 is 1.60. The molecule has 0 atom stereocenters. The van der Waals surface area contributed by atoms with Gasteiger partial charge in [-0.15, -0.1) is 0 Å². The third-order valence-electron chi connectivity index (χ3n) is 8.53. The standard InChI is InChI=1S/C38H29N2O3P/c1-26-22-23-28(24-27(26)2)32-25-35-36(40(43)34-21-13-12-20-33(34)39(35)42)38(37(32)41)44(29-14-6-3-7-15-29,30-16-8-4-9-17-30)31-18-10-5-11-19-31/h3-25H,1-2H3. The number of rotatable bonds is 5. The van der Waals surface area contributed by atoms with E-state index in [0.717, 1.165) is 36.5 Å². The molecular formula is C38H29N2O3P. The number of aryl methyl sites for hydroxylation is 2. The van der Waals surface area contributed by atoms with E-state index in [2.05, 4.69) is 0 Å². The molecule has 0 fully saturated rings. The number of hydrogen-bond acceptors (Lipinski definition) is 3. The highest BCUT2D eigenvalue weighted by Crippen LogP contribution is 2.55. The van der Waals surface area contributed by atoms with Crippen LogP contribution in [0.2, 0.25) is 0 Å². The lowest BCUT2D eigenvalue weighted by Gasteiger charge is -2.31. The van der Waals surface area contributed by atoms with Gasteiger partial charge in [0.2, 0.25) is 16.6 Å². The average molecular weight is 593 g/mol. The molecule has 44 heavy (non-hydrogen) atoms. The lowest BCUT2D eigenvalue weighted by Crippen LogP contribution is -2.48. The fourth-order valence-electron chi connectivity index (χ4n) is 6.26. The highest BCUT2D eigenvalue weighted by Gasteiger charge is 2.53. The van der Waals surface area contributed by atoms with Crippen LogP contribution in [-0.2, 0) is 0 Å².